The Kier molecular flexibility index (Phi) is 9.45. The number of hydrogen-bond acceptors (Lipinski definition) is 5. The molecular formula is C33H36N2O6. The molecule has 3 aromatic carbocycles. The smallest absolute Gasteiger partial charge is 0.341 e. The van der Waals surface area contributed by atoms with Gasteiger partial charge in [0, 0.05) is 24.1 Å². The van der Waals surface area contributed by atoms with E-state index in [1.807, 2.05) is 87.5 Å². The van der Waals surface area contributed by atoms with Gasteiger partial charge in [0.2, 0.25) is 0 Å². The van der Waals surface area contributed by atoms with E-state index in [0.717, 1.165) is 11.1 Å². The first-order valence-electron chi connectivity index (χ1n) is 13.8. The summed E-state index contributed by atoms with van der Waals surface area (Å²) in [7, 11) is 1.58. The van der Waals surface area contributed by atoms with E-state index >= 15 is 0 Å². The maximum absolute atomic E-state index is 14.7. The van der Waals surface area contributed by atoms with Crippen LogP contribution in [0.5, 0.6) is 5.75 Å². The number of amides is 2. The second-order valence-corrected chi connectivity index (χ2v) is 10.0. The first-order chi connectivity index (χ1) is 19.8. The van der Waals surface area contributed by atoms with Crippen LogP contribution >= 0.6 is 0 Å². The van der Waals surface area contributed by atoms with E-state index in [2.05, 4.69) is 0 Å². The second kappa shape index (κ2) is 13.2. The summed E-state index contributed by atoms with van der Waals surface area (Å²) in [6, 6.07) is 18.5. The average molecular weight is 557 g/mol. The normalized spacial score (nSPS) is 12.5. The van der Waals surface area contributed by atoms with E-state index in [4.69, 9.17) is 14.6 Å². The van der Waals surface area contributed by atoms with Crippen LogP contribution < -0.4 is 14.5 Å². The first-order valence-corrected chi connectivity index (χ1v) is 13.8. The number of carboxylic acids is 1. The second-order valence-electron chi connectivity index (χ2n) is 10.0. The lowest BCUT2D eigenvalue weighted by Crippen LogP contribution is -2.43. The molecule has 214 valence electrons. The van der Waals surface area contributed by atoms with Gasteiger partial charge in [-0.25, -0.2) is 9.59 Å². The topological polar surface area (TPSA) is 96.4 Å². The van der Waals surface area contributed by atoms with Gasteiger partial charge in [-0.05, 0) is 62.9 Å². The Morgan fingerprint density at radius 3 is 2.17 bits per heavy atom. The molecule has 1 aliphatic rings. The van der Waals surface area contributed by atoms with Gasteiger partial charge in [0.05, 0.1) is 29.7 Å². The highest BCUT2D eigenvalue weighted by molar-refractivity contribution is 6.13. The van der Waals surface area contributed by atoms with Crippen molar-refractivity contribution in [2.45, 2.75) is 53.1 Å². The molecule has 41 heavy (non-hydrogen) atoms. The minimum atomic E-state index is -0.867. The maximum Gasteiger partial charge on any atom is 0.341 e. The van der Waals surface area contributed by atoms with E-state index in [0.29, 0.717) is 65.3 Å². The number of anilines is 3. The number of aliphatic carboxylic acids is 1. The number of carbonyl (C=O) groups excluding carboxylic acids is 2. The van der Waals surface area contributed by atoms with Gasteiger partial charge in [-0.3, -0.25) is 14.6 Å². The molecule has 1 aliphatic heterocycles. The van der Waals surface area contributed by atoms with Crippen molar-refractivity contribution in [3.63, 3.8) is 0 Å². The van der Waals surface area contributed by atoms with Crippen molar-refractivity contribution in [3.05, 3.63) is 94.6 Å². The standard InChI is InChI=1S/C33H36N2O6/c1-5-20-34(33(39)35(24-12-8-6-9-13-24)25-14-10-7-11-15-25)30-26(18-16-22(2)17-19-28(36)37)31(40-4)23(3)27-21-41-32(38)29(27)30/h6-16H,5,17-21H2,1-4H3,(H,36,37)/b22-16+. The Bertz CT molecular complexity index is 1410. The minimum absolute atomic E-state index is 0.0193. The van der Waals surface area contributed by atoms with Crippen LogP contribution in [0.2, 0.25) is 0 Å². The number of nitrogens with zero attached hydrogens (tertiary/aromatic N) is 2. The Hall–Kier alpha value is -4.59. The fourth-order valence-electron chi connectivity index (χ4n) is 5.18. The third kappa shape index (κ3) is 6.27. The third-order valence-corrected chi connectivity index (χ3v) is 7.20. The molecule has 0 aliphatic carbocycles. The molecule has 4 rings (SSSR count). The zero-order valence-corrected chi connectivity index (χ0v) is 24.0. The summed E-state index contributed by atoms with van der Waals surface area (Å²) in [5.41, 5.74) is 5.29. The van der Waals surface area contributed by atoms with Crippen LogP contribution in [-0.2, 0) is 22.6 Å². The molecule has 0 fully saturated rings. The summed E-state index contributed by atoms with van der Waals surface area (Å²) in [6.07, 6.45) is 3.33. The lowest BCUT2D eigenvalue weighted by Gasteiger charge is -2.33. The number of rotatable bonds is 11. The molecule has 0 spiro atoms. The lowest BCUT2D eigenvalue weighted by atomic mass is 9.92. The molecule has 1 N–H and O–H groups in total. The summed E-state index contributed by atoms with van der Waals surface area (Å²) in [5, 5.41) is 9.13. The molecule has 0 atom stereocenters. The van der Waals surface area contributed by atoms with Crippen molar-refractivity contribution < 1.29 is 29.0 Å². The monoisotopic (exact) mass is 556 g/mol. The Labute approximate surface area is 240 Å². The Morgan fingerprint density at radius 2 is 1.63 bits per heavy atom. The molecule has 0 unspecified atom stereocenters. The van der Waals surface area contributed by atoms with Gasteiger partial charge in [0.25, 0.3) is 0 Å². The maximum atomic E-state index is 14.7. The van der Waals surface area contributed by atoms with E-state index in [1.54, 1.807) is 16.9 Å². The molecule has 8 nitrogen and oxygen atoms in total. The highest BCUT2D eigenvalue weighted by Crippen LogP contribution is 2.44. The highest BCUT2D eigenvalue weighted by atomic mass is 16.5. The minimum Gasteiger partial charge on any atom is -0.496 e. The fourth-order valence-corrected chi connectivity index (χ4v) is 5.18. The van der Waals surface area contributed by atoms with Crippen LogP contribution in [0.1, 0.15) is 60.2 Å². The van der Waals surface area contributed by atoms with Gasteiger partial charge < -0.3 is 14.6 Å². The summed E-state index contributed by atoms with van der Waals surface area (Å²) < 4.78 is 11.4. The van der Waals surface area contributed by atoms with Crippen LogP contribution in [0.15, 0.2) is 72.3 Å². The third-order valence-electron chi connectivity index (χ3n) is 7.20. The summed E-state index contributed by atoms with van der Waals surface area (Å²) in [6.45, 7) is 6.20. The molecule has 0 aromatic heterocycles. The number of hydrogen-bond donors (Lipinski definition) is 1. The number of methoxy groups -OCH3 is 1. The number of para-hydroxylation sites is 2. The van der Waals surface area contributed by atoms with E-state index in [-0.39, 0.29) is 19.1 Å². The number of allylic oxidation sites excluding steroid dienone is 2. The van der Waals surface area contributed by atoms with Crippen molar-refractivity contribution >= 4 is 35.0 Å². The van der Waals surface area contributed by atoms with Gasteiger partial charge >= 0.3 is 18.0 Å². The quantitative estimate of drug-likeness (QED) is 0.198. The van der Waals surface area contributed by atoms with Crippen LogP contribution in [0.25, 0.3) is 0 Å². The average Bonchev–Trinajstić information content (AvgIpc) is 3.36. The molecule has 0 bridgehead atoms. The molecule has 0 radical (unpaired) electrons. The van der Waals surface area contributed by atoms with E-state index in [9.17, 15) is 14.4 Å². The largest absolute Gasteiger partial charge is 0.496 e. The van der Waals surface area contributed by atoms with Crippen molar-refractivity contribution in [1.29, 1.82) is 0 Å². The van der Waals surface area contributed by atoms with E-state index < -0.39 is 11.9 Å². The van der Waals surface area contributed by atoms with E-state index in [1.165, 1.54) is 0 Å². The van der Waals surface area contributed by atoms with Gasteiger partial charge in [0.15, 0.2) is 0 Å². The number of carboxylic acid groups (broad SMARTS) is 1. The van der Waals surface area contributed by atoms with Crippen molar-refractivity contribution in [2.75, 3.05) is 23.5 Å². The molecule has 3 aromatic rings. The molecule has 0 saturated heterocycles. The predicted octanol–water partition coefficient (Wildman–Crippen LogP) is 7.20. The summed E-state index contributed by atoms with van der Waals surface area (Å²) in [5.74, 6) is -0.763. The molecular weight excluding hydrogens is 520 g/mol. The lowest BCUT2D eigenvalue weighted by molar-refractivity contribution is -0.136. The molecule has 8 heteroatoms. The number of cyclic esters (lactones) is 1. The van der Waals surface area contributed by atoms with Crippen LogP contribution in [0, 0.1) is 6.92 Å². The predicted molar refractivity (Wildman–Crippen MR) is 159 cm³/mol. The number of ether oxygens (including phenoxy) is 2. The van der Waals surface area contributed by atoms with Crippen molar-refractivity contribution in [1.82, 2.24) is 0 Å². The Balaban J connectivity index is 1.93. The van der Waals surface area contributed by atoms with Crippen LogP contribution in [-0.4, -0.2) is 36.7 Å². The van der Waals surface area contributed by atoms with Crippen LogP contribution in [0.4, 0.5) is 21.9 Å². The number of benzene rings is 3. The van der Waals surface area contributed by atoms with Gasteiger partial charge in [-0.1, -0.05) is 55.0 Å². The number of fused-ring (bicyclic) bond motifs is 1. The zero-order chi connectivity index (χ0) is 29.5. The highest BCUT2D eigenvalue weighted by Gasteiger charge is 2.37. The number of carbonyl (C=O) groups is 3. The van der Waals surface area contributed by atoms with Crippen molar-refractivity contribution in [3.8, 4) is 5.75 Å². The molecule has 0 saturated carbocycles. The van der Waals surface area contributed by atoms with Gasteiger partial charge in [-0.15, -0.1) is 0 Å². The van der Waals surface area contributed by atoms with Gasteiger partial charge in [0.1, 0.15) is 12.4 Å². The fraction of sp³-hybridized carbons (Fsp3) is 0.303. The Morgan fingerprint density at radius 1 is 1.02 bits per heavy atom. The molecule has 1 heterocycles. The van der Waals surface area contributed by atoms with Crippen LogP contribution in [0.3, 0.4) is 0 Å². The SMILES string of the molecule is CCCN(C(=O)N(c1ccccc1)c1ccccc1)c1c(C/C=C(\C)CCC(=O)O)c(OC)c(C)c2c1C(=O)OC2. The number of urea groups is 1. The molecule has 2 amide bonds. The van der Waals surface area contributed by atoms with Crippen molar-refractivity contribution in [2.24, 2.45) is 0 Å². The summed E-state index contributed by atoms with van der Waals surface area (Å²) in [4.78, 5) is 42.4. The zero-order valence-electron chi connectivity index (χ0n) is 24.0. The first kappa shape index (κ1) is 29.4. The van der Waals surface area contributed by atoms with Gasteiger partial charge in [-0.2, -0.15) is 0 Å². The summed E-state index contributed by atoms with van der Waals surface area (Å²) >= 11 is 0. The number of esters is 1.